The number of methoxy groups -OCH3 is 2. The van der Waals surface area contributed by atoms with E-state index in [0.717, 1.165) is 5.82 Å². The molecule has 0 aromatic heterocycles. The predicted molar refractivity (Wildman–Crippen MR) is 57.3 cm³/mol. The lowest BCUT2D eigenvalue weighted by atomic mass is 10.1. The molecule has 1 heterocycles. The van der Waals surface area contributed by atoms with Gasteiger partial charge in [0.25, 0.3) is 0 Å². The molecule has 1 saturated heterocycles. The van der Waals surface area contributed by atoms with Crippen molar-refractivity contribution in [2.24, 2.45) is 0 Å². The van der Waals surface area contributed by atoms with Crippen LogP contribution in [-0.4, -0.2) is 51.1 Å². The molecule has 0 radical (unpaired) electrons. The first-order chi connectivity index (χ1) is 7.54. The summed E-state index contributed by atoms with van der Waals surface area (Å²) < 4.78 is 31.4. The van der Waals surface area contributed by atoms with E-state index >= 15 is 0 Å². The van der Waals surface area contributed by atoms with Crippen molar-refractivity contribution < 1.29 is 28.2 Å². The smallest absolute Gasteiger partial charge is 0.351 e. The zero-order valence-corrected chi connectivity index (χ0v) is 10.4. The third kappa shape index (κ3) is 3.38. The van der Waals surface area contributed by atoms with Gasteiger partial charge in [-0.05, 0) is 6.08 Å². The Kier molecular flexibility index (Phi) is 5.11. The van der Waals surface area contributed by atoms with Gasteiger partial charge in [0.2, 0.25) is 0 Å². The molecule has 0 aromatic carbocycles. The largest absolute Gasteiger partial charge is 0.376 e. The molecule has 0 aromatic rings. The van der Waals surface area contributed by atoms with Gasteiger partial charge in [0.05, 0.1) is 6.61 Å². The molecule has 94 valence electrons. The Morgan fingerprint density at radius 3 is 2.56 bits per heavy atom. The zero-order chi connectivity index (χ0) is 12.2. The minimum atomic E-state index is -3.65. The van der Waals surface area contributed by atoms with E-state index in [-0.39, 0.29) is 12.2 Å². The summed E-state index contributed by atoms with van der Waals surface area (Å²) >= 11 is 0. The summed E-state index contributed by atoms with van der Waals surface area (Å²) in [5.41, 5.74) is 0. The summed E-state index contributed by atoms with van der Waals surface area (Å²) in [6.07, 6.45) is 0.626. The number of ether oxygens (including phenoxy) is 3. The van der Waals surface area contributed by atoms with Gasteiger partial charge in [-0.2, -0.15) is 0 Å². The number of hydrogen-bond acceptors (Lipinski definition) is 5. The third-order valence-electron chi connectivity index (χ3n) is 2.44. The van der Waals surface area contributed by atoms with Gasteiger partial charge in [-0.25, -0.2) is 0 Å². The predicted octanol–water partition coefficient (Wildman–Crippen LogP) is 0.761. The highest BCUT2D eigenvalue weighted by molar-refractivity contribution is 7.56. The minimum absolute atomic E-state index is 0.166. The monoisotopic (exact) mass is 252 g/mol. The first-order valence-corrected chi connectivity index (χ1v) is 6.43. The van der Waals surface area contributed by atoms with E-state index in [4.69, 9.17) is 14.2 Å². The number of rotatable bonds is 5. The summed E-state index contributed by atoms with van der Waals surface area (Å²) in [4.78, 5) is 9.18. The highest BCUT2D eigenvalue weighted by Gasteiger charge is 2.36. The van der Waals surface area contributed by atoms with Gasteiger partial charge < -0.3 is 23.6 Å². The van der Waals surface area contributed by atoms with E-state index in [2.05, 4.69) is 4.52 Å². The summed E-state index contributed by atoms with van der Waals surface area (Å²) in [7, 11) is 0.635. The molecule has 1 rings (SSSR count). The van der Waals surface area contributed by atoms with Crippen molar-refractivity contribution in [3.05, 3.63) is 11.9 Å². The third-order valence-corrected chi connectivity index (χ3v) is 3.52. The Hall–Kier alpha value is -0.230. The summed E-state index contributed by atoms with van der Waals surface area (Å²) in [6.45, 7) is 0.396. The van der Waals surface area contributed by atoms with Crippen molar-refractivity contribution in [2.45, 2.75) is 18.3 Å². The summed E-state index contributed by atoms with van der Waals surface area (Å²) in [6, 6.07) is 0. The van der Waals surface area contributed by atoms with Crippen molar-refractivity contribution >= 4 is 7.60 Å². The Bertz CT molecular complexity index is 292. The Labute approximate surface area is 94.7 Å². The van der Waals surface area contributed by atoms with E-state index in [1.807, 2.05) is 0 Å². The van der Waals surface area contributed by atoms with Gasteiger partial charge in [-0.1, -0.05) is 0 Å². The van der Waals surface area contributed by atoms with Crippen LogP contribution in [0.2, 0.25) is 0 Å². The second kappa shape index (κ2) is 5.91. The van der Waals surface area contributed by atoms with Crippen LogP contribution in [0, 0.1) is 0 Å². The van der Waals surface area contributed by atoms with E-state index in [9.17, 15) is 9.46 Å². The average Bonchev–Trinajstić information content (AvgIpc) is 2.68. The van der Waals surface area contributed by atoms with Crippen LogP contribution in [0.1, 0.15) is 0 Å². The van der Waals surface area contributed by atoms with Crippen LogP contribution in [0.25, 0.3) is 0 Å². The highest BCUT2D eigenvalue weighted by Crippen LogP contribution is 2.42. The second-order valence-corrected chi connectivity index (χ2v) is 5.15. The molecule has 16 heavy (non-hydrogen) atoms. The molecule has 6 nitrogen and oxygen atoms in total. The van der Waals surface area contributed by atoms with Crippen molar-refractivity contribution in [2.75, 3.05) is 27.9 Å². The molecular formula is C9H17O6P. The highest BCUT2D eigenvalue weighted by atomic mass is 31.2. The van der Waals surface area contributed by atoms with Crippen LogP contribution in [-0.2, 0) is 23.3 Å². The molecule has 1 unspecified atom stereocenters. The van der Waals surface area contributed by atoms with Crippen LogP contribution in [0.5, 0.6) is 0 Å². The maximum atomic E-state index is 11.2. The van der Waals surface area contributed by atoms with Crippen molar-refractivity contribution in [3.8, 4) is 0 Å². The lowest BCUT2D eigenvalue weighted by molar-refractivity contribution is -0.0146. The van der Waals surface area contributed by atoms with Crippen LogP contribution < -0.4 is 0 Å². The maximum absolute atomic E-state index is 11.2. The van der Waals surface area contributed by atoms with Gasteiger partial charge in [0.1, 0.15) is 18.3 Å². The van der Waals surface area contributed by atoms with Crippen LogP contribution in [0.3, 0.4) is 0 Å². The molecule has 0 bridgehead atoms. The van der Waals surface area contributed by atoms with Gasteiger partial charge in [0.15, 0.2) is 0 Å². The van der Waals surface area contributed by atoms with Crippen molar-refractivity contribution in [3.63, 3.8) is 0 Å². The fraction of sp³-hybridized carbons (Fsp3) is 0.778. The van der Waals surface area contributed by atoms with E-state index in [1.165, 1.54) is 13.2 Å². The van der Waals surface area contributed by atoms with Crippen LogP contribution in [0.15, 0.2) is 11.9 Å². The second-order valence-electron chi connectivity index (χ2n) is 3.36. The Morgan fingerprint density at radius 1 is 1.38 bits per heavy atom. The van der Waals surface area contributed by atoms with Gasteiger partial charge in [0, 0.05) is 27.1 Å². The topological polar surface area (TPSA) is 74.2 Å². The molecule has 0 aliphatic carbocycles. The lowest BCUT2D eigenvalue weighted by Crippen LogP contribution is -2.32. The first kappa shape index (κ1) is 13.8. The average molecular weight is 252 g/mol. The molecule has 7 heteroatoms. The van der Waals surface area contributed by atoms with Crippen LogP contribution in [0.4, 0.5) is 0 Å². The minimum Gasteiger partial charge on any atom is -0.376 e. The molecule has 1 N–H and O–H groups in total. The first-order valence-electron chi connectivity index (χ1n) is 4.79. The quantitative estimate of drug-likeness (QED) is 0.728. The SMILES string of the molecule is CO[C@H]1[C@@H](OC)CO[C@@H]1/C=C/P(=O)(O)OC. The molecule has 0 amide bonds. The molecule has 1 aliphatic rings. The fourth-order valence-electron chi connectivity index (χ4n) is 1.51. The maximum Gasteiger partial charge on any atom is 0.351 e. The normalized spacial score (nSPS) is 34.4. The zero-order valence-electron chi connectivity index (χ0n) is 9.53. The Morgan fingerprint density at radius 2 is 2.06 bits per heavy atom. The van der Waals surface area contributed by atoms with Crippen LogP contribution >= 0.6 is 7.60 Å². The van der Waals surface area contributed by atoms with E-state index in [1.54, 1.807) is 14.2 Å². The number of hydrogen-bond donors (Lipinski definition) is 1. The molecule has 4 atom stereocenters. The standard InChI is InChI=1S/C9H17O6P/c1-12-8-6-15-7(9(8)13-2)4-5-16(10,11)14-3/h4-5,7-9H,6H2,1-3H3,(H,10,11)/b5-4+/t7-,8+,9-/m1/s1. The van der Waals surface area contributed by atoms with Crippen molar-refractivity contribution in [1.82, 2.24) is 0 Å². The van der Waals surface area contributed by atoms with Gasteiger partial charge in [-0.15, -0.1) is 0 Å². The summed E-state index contributed by atoms with van der Waals surface area (Å²) in [5.74, 6) is 1.10. The van der Waals surface area contributed by atoms with Crippen molar-refractivity contribution in [1.29, 1.82) is 0 Å². The molecule has 0 spiro atoms. The van der Waals surface area contributed by atoms with Gasteiger partial charge >= 0.3 is 7.60 Å². The lowest BCUT2D eigenvalue weighted by Gasteiger charge is -2.18. The fourth-order valence-corrected chi connectivity index (χ4v) is 2.02. The molecular weight excluding hydrogens is 235 g/mol. The Balaban J connectivity index is 2.65. The van der Waals surface area contributed by atoms with E-state index < -0.39 is 13.7 Å². The molecule has 1 aliphatic heterocycles. The molecule has 0 saturated carbocycles. The van der Waals surface area contributed by atoms with E-state index in [0.29, 0.717) is 6.61 Å². The van der Waals surface area contributed by atoms with Gasteiger partial charge in [-0.3, -0.25) is 4.57 Å². The molecule has 1 fully saturated rings. The summed E-state index contributed by atoms with van der Waals surface area (Å²) in [5, 5.41) is 0.